The van der Waals surface area contributed by atoms with Crippen molar-refractivity contribution >= 4 is 43.2 Å². The third kappa shape index (κ3) is 11.9. The van der Waals surface area contributed by atoms with Crippen LogP contribution in [0.15, 0.2) is 41.6 Å². The number of benzene rings is 1. The Morgan fingerprint density at radius 2 is 1.26 bits per heavy atom. The van der Waals surface area contributed by atoms with Crippen molar-refractivity contribution in [3.8, 4) is 5.75 Å². The molecule has 0 radical (unpaired) electrons. The van der Waals surface area contributed by atoms with E-state index in [4.69, 9.17) is 22.4 Å². The lowest BCUT2D eigenvalue weighted by Crippen LogP contribution is -2.51. The molecule has 0 bridgehead atoms. The lowest BCUT2D eigenvalue weighted by molar-refractivity contribution is -0.146. The Morgan fingerprint density at radius 3 is 1.68 bits per heavy atom. The van der Waals surface area contributed by atoms with Crippen molar-refractivity contribution < 1.29 is 32.0 Å². The molecule has 0 N–H and O–H groups in total. The molecule has 0 atom stereocenters. The van der Waals surface area contributed by atoms with Crippen LogP contribution in [0.5, 0.6) is 5.75 Å². The summed E-state index contributed by atoms with van der Waals surface area (Å²) in [5, 5.41) is 0. The number of hydrogen-bond donors (Lipinski definition) is 0. The molecule has 190 valence electrons. The van der Waals surface area contributed by atoms with Gasteiger partial charge in [0.25, 0.3) is 0 Å². The monoisotopic (exact) mass is 524 g/mol. The van der Waals surface area contributed by atoms with Gasteiger partial charge in [0.2, 0.25) is 0 Å². The molecule has 10 heteroatoms. The predicted octanol–water partition coefficient (Wildman–Crippen LogP) is 5.45. The minimum absolute atomic E-state index is 0.144. The van der Waals surface area contributed by atoms with Gasteiger partial charge in [-0.1, -0.05) is 18.2 Å². The molecule has 0 unspecified atom stereocenters. The number of rotatable bonds is 13. The average molecular weight is 525 g/mol. The van der Waals surface area contributed by atoms with Gasteiger partial charge in [-0.05, 0) is 89.1 Å². The Labute approximate surface area is 207 Å². The smallest absolute Gasteiger partial charge is 0.345 e. The van der Waals surface area contributed by atoms with Crippen molar-refractivity contribution in [1.29, 1.82) is 0 Å². The van der Waals surface area contributed by atoms with E-state index in [1.54, 1.807) is 38.1 Å². The zero-order chi connectivity index (χ0) is 26.0. The van der Waals surface area contributed by atoms with Crippen LogP contribution in [0, 0.1) is 0 Å². The second-order valence-corrected chi connectivity index (χ2v) is 22.2. The summed E-state index contributed by atoms with van der Waals surface area (Å²) in [7, 11) is -5.99. The highest BCUT2D eigenvalue weighted by molar-refractivity contribution is 6.89. The molecule has 0 saturated carbocycles. The molecule has 0 saturated heterocycles. The van der Waals surface area contributed by atoms with Gasteiger partial charge in [-0.2, -0.15) is 0 Å². The van der Waals surface area contributed by atoms with Gasteiger partial charge < -0.3 is 22.4 Å². The maximum Gasteiger partial charge on any atom is 0.345 e. The van der Waals surface area contributed by atoms with E-state index in [1.807, 2.05) is 6.08 Å². The molecule has 0 aliphatic heterocycles. The summed E-state index contributed by atoms with van der Waals surface area (Å²) in [4.78, 5) is 24.2. The van der Waals surface area contributed by atoms with Gasteiger partial charge in [0.15, 0.2) is 16.6 Å². The normalized spacial score (nSPS) is 12.4. The number of carbonyl (C=O) groups excluding carboxylic acids is 2. The quantitative estimate of drug-likeness (QED) is 0.112. The maximum atomic E-state index is 12.1. The lowest BCUT2D eigenvalue weighted by Gasteiger charge is -2.36. The van der Waals surface area contributed by atoms with Crippen LogP contribution in [0.3, 0.4) is 0 Å². The van der Waals surface area contributed by atoms with Crippen LogP contribution in [-0.4, -0.2) is 57.0 Å². The summed E-state index contributed by atoms with van der Waals surface area (Å²) >= 11 is 0. The van der Waals surface area contributed by atoms with E-state index in [9.17, 15) is 9.59 Å². The lowest BCUT2D eigenvalue weighted by atomic mass is 10.1. The maximum absolute atomic E-state index is 12.1. The zero-order valence-corrected chi connectivity index (χ0v) is 25.0. The van der Waals surface area contributed by atoms with Crippen LogP contribution >= 0.6 is 0 Å². The highest BCUT2D eigenvalue weighted by atomic mass is 28.5. The second-order valence-electron chi connectivity index (χ2n) is 9.73. The summed E-state index contributed by atoms with van der Waals surface area (Å²) in [6, 6.07) is 7.08. The van der Waals surface area contributed by atoms with Gasteiger partial charge in [0, 0.05) is 0 Å². The first kappa shape index (κ1) is 30.0. The van der Waals surface area contributed by atoms with E-state index < -0.39 is 37.1 Å². The number of ether oxygens (including phenoxy) is 3. The number of esters is 2. The summed E-state index contributed by atoms with van der Waals surface area (Å²) in [6.45, 7) is 19.2. The Balaban J connectivity index is 2.89. The Kier molecular flexibility index (Phi) is 11.7. The molecule has 0 aromatic heterocycles. The summed E-state index contributed by atoms with van der Waals surface area (Å²) in [6.07, 6.45) is 3.41. The first-order chi connectivity index (χ1) is 15.7. The van der Waals surface area contributed by atoms with E-state index in [2.05, 4.69) is 51.5 Å². The first-order valence-electron chi connectivity index (χ1n) is 11.5. The van der Waals surface area contributed by atoms with Crippen molar-refractivity contribution in [1.82, 2.24) is 0 Å². The molecule has 1 aromatic carbocycles. The molecule has 1 aromatic rings. The highest BCUT2D eigenvalue weighted by Crippen LogP contribution is 2.22. The fourth-order valence-corrected chi connectivity index (χ4v) is 14.5. The molecule has 0 aliphatic rings. The van der Waals surface area contributed by atoms with Gasteiger partial charge in [-0.25, -0.2) is 9.59 Å². The zero-order valence-electron chi connectivity index (χ0n) is 22.0. The third-order valence-electron chi connectivity index (χ3n) is 3.97. The number of carbonyl (C=O) groups is 2. The molecule has 0 aliphatic carbocycles. The van der Waals surface area contributed by atoms with E-state index >= 15 is 0 Å². The Hall–Kier alpha value is -1.99. The Morgan fingerprint density at radius 1 is 0.794 bits per heavy atom. The summed E-state index contributed by atoms with van der Waals surface area (Å²) in [5.74, 6) is -0.754. The van der Waals surface area contributed by atoms with Crippen LogP contribution in [0.2, 0.25) is 45.8 Å². The fourth-order valence-electron chi connectivity index (χ4n) is 3.16. The fraction of sp³-hybridized carbons (Fsp3) is 0.500. The van der Waals surface area contributed by atoms with Crippen molar-refractivity contribution in [2.24, 2.45) is 0 Å². The molecule has 0 fully saturated rings. The molecule has 0 spiro atoms. The van der Waals surface area contributed by atoms with Crippen LogP contribution in [0.1, 0.15) is 19.4 Å². The van der Waals surface area contributed by atoms with Gasteiger partial charge in [0.05, 0.1) is 13.2 Å². The molecule has 34 heavy (non-hydrogen) atoms. The van der Waals surface area contributed by atoms with E-state index in [-0.39, 0.29) is 18.8 Å². The van der Waals surface area contributed by atoms with Crippen LogP contribution < -0.4 is 4.74 Å². The first-order valence-corrected chi connectivity index (χ1v) is 20.8. The molecule has 0 amide bonds. The predicted molar refractivity (Wildman–Crippen MR) is 143 cm³/mol. The van der Waals surface area contributed by atoms with Crippen molar-refractivity contribution in [3.63, 3.8) is 0 Å². The topological polar surface area (TPSA) is 80.3 Å². The summed E-state index contributed by atoms with van der Waals surface area (Å²) < 4.78 is 28.7. The van der Waals surface area contributed by atoms with E-state index in [0.29, 0.717) is 17.9 Å². The molecule has 0 heterocycles. The largest absolute Gasteiger partial charge is 0.490 e. The SMILES string of the molecule is CCOC(=O)C(=Cc1ccc(OC/C=C/[Si](C)(O[Si](C)(C)C)O[Si](C)(C)C)cc1)C(=O)OCC. The minimum atomic E-state index is -2.45. The average Bonchev–Trinajstić information content (AvgIpc) is 2.67. The van der Waals surface area contributed by atoms with E-state index in [0.717, 1.165) is 0 Å². The van der Waals surface area contributed by atoms with Crippen molar-refractivity contribution in [2.45, 2.75) is 59.7 Å². The van der Waals surface area contributed by atoms with Gasteiger partial charge >= 0.3 is 20.5 Å². The molecule has 1 rings (SSSR count). The second kappa shape index (κ2) is 13.2. The van der Waals surface area contributed by atoms with Gasteiger partial charge in [-0.3, -0.25) is 0 Å². The van der Waals surface area contributed by atoms with Gasteiger partial charge in [0.1, 0.15) is 17.9 Å². The van der Waals surface area contributed by atoms with Gasteiger partial charge in [-0.15, -0.1) is 0 Å². The third-order valence-corrected chi connectivity index (χ3v) is 12.9. The number of hydrogen-bond acceptors (Lipinski definition) is 7. The summed E-state index contributed by atoms with van der Waals surface area (Å²) in [5.41, 5.74) is 2.58. The van der Waals surface area contributed by atoms with Crippen LogP contribution in [-0.2, 0) is 27.3 Å². The van der Waals surface area contributed by atoms with Crippen molar-refractivity contribution in [2.75, 3.05) is 19.8 Å². The molecule has 7 nitrogen and oxygen atoms in total. The highest BCUT2D eigenvalue weighted by Gasteiger charge is 2.38. The van der Waals surface area contributed by atoms with Crippen LogP contribution in [0.4, 0.5) is 0 Å². The van der Waals surface area contributed by atoms with E-state index in [1.165, 1.54) is 6.08 Å². The molecular formula is C24H40O7Si3. The Bertz CT molecular complexity index is 830. The standard InChI is InChI=1S/C24H40O7Si3/c1-10-27-23(25)22(24(26)28-11-2)19-20-13-15-21(16-14-20)29-17-12-18-34(9,30-32(3,4)5)31-33(6,7)8/h12-16,18-19H,10-11,17H2,1-9H3/b18-12+. The van der Waals surface area contributed by atoms with Crippen LogP contribution in [0.25, 0.3) is 6.08 Å². The minimum Gasteiger partial charge on any atom is -0.490 e. The van der Waals surface area contributed by atoms with Crippen molar-refractivity contribution in [3.05, 3.63) is 47.2 Å². The molecular weight excluding hydrogens is 485 g/mol.